The van der Waals surface area contributed by atoms with E-state index in [9.17, 15) is 0 Å². The number of hydrogen-bond donors (Lipinski definition) is 1. The van der Waals surface area contributed by atoms with Gasteiger partial charge >= 0.3 is 0 Å². The van der Waals surface area contributed by atoms with Crippen molar-refractivity contribution in [2.75, 3.05) is 31.2 Å². The van der Waals surface area contributed by atoms with Gasteiger partial charge in [-0.05, 0) is 18.6 Å². The van der Waals surface area contributed by atoms with Gasteiger partial charge < -0.3 is 15.0 Å². The summed E-state index contributed by atoms with van der Waals surface area (Å²) in [5.41, 5.74) is 2.44. The first-order chi connectivity index (χ1) is 9.18. The zero-order valence-electron chi connectivity index (χ0n) is 11.8. The van der Waals surface area contributed by atoms with E-state index in [1.54, 1.807) is 0 Å². The summed E-state index contributed by atoms with van der Waals surface area (Å²) < 4.78 is 5.52. The van der Waals surface area contributed by atoms with Crippen LogP contribution in [0, 0.1) is 0 Å². The van der Waals surface area contributed by atoms with Crippen molar-refractivity contribution in [1.82, 2.24) is 5.32 Å². The predicted molar refractivity (Wildman–Crippen MR) is 81.1 cm³/mol. The third-order valence-corrected chi connectivity index (χ3v) is 3.70. The summed E-state index contributed by atoms with van der Waals surface area (Å²) in [4.78, 5) is 2.39. The van der Waals surface area contributed by atoms with E-state index < -0.39 is 0 Å². The van der Waals surface area contributed by atoms with Crippen molar-refractivity contribution >= 4 is 17.3 Å². The highest BCUT2D eigenvalue weighted by Gasteiger charge is 2.15. The molecule has 4 heteroatoms. The minimum Gasteiger partial charge on any atom is -0.380 e. The molecule has 1 aliphatic heterocycles. The quantitative estimate of drug-likeness (QED) is 0.919. The Hall–Kier alpha value is -0.770. The smallest absolute Gasteiger partial charge is 0.0641 e. The minimum absolute atomic E-state index is 0.455. The Morgan fingerprint density at radius 2 is 2.16 bits per heavy atom. The first kappa shape index (κ1) is 14.6. The lowest BCUT2D eigenvalue weighted by Crippen LogP contribution is -2.29. The lowest BCUT2D eigenvalue weighted by molar-refractivity contribution is 0.152. The molecule has 1 heterocycles. The summed E-state index contributed by atoms with van der Waals surface area (Å²) in [7, 11) is 0. The van der Waals surface area contributed by atoms with Crippen LogP contribution in [0.1, 0.15) is 25.8 Å². The second kappa shape index (κ2) is 7.13. The van der Waals surface area contributed by atoms with Crippen LogP contribution in [-0.4, -0.2) is 32.3 Å². The van der Waals surface area contributed by atoms with Crippen LogP contribution in [0.4, 0.5) is 5.69 Å². The van der Waals surface area contributed by atoms with Gasteiger partial charge in [0.15, 0.2) is 0 Å². The largest absolute Gasteiger partial charge is 0.380 e. The molecule has 3 nitrogen and oxygen atoms in total. The maximum Gasteiger partial charge on any atom is 0.0641 e. The summed E-state index contributed by atoms with van der Waals surface area (Å²) in [5.74, 6) is 0. The molecule has 0 spiro atoms. The van der Waals surface area contributed by atoms with E-state index in [1.165, 1.54) is 11.3 Å². The van der Waals surface area contributed by atoms with Crippen LogP contribution in [0.25, 0.3) is 0 Å². The molecule has 0 unspecified atom stereocenters. The minimum atomic E-state index is 0.455. The molecule has 1 aromatic rings. The Morgan fingerprint density at radius 1 is 1.32 bits per heavy atom. The normalized spacial score (nSPS) is 16.7. The first-order valence-electron chi connectivity index (χ1n) is 7.02. The van der Waals surface area contributed by atoms with Crippen molar-refractivity contribution in [3.8, 4) is 0 Å². The molecule has 0 saturated carbocycles. The van der Waals surface area contributed by atoms with Crippen molar-refractivity contribution in [3.05, 3.63) is 28.8 Å². The van der Waals surface area contributed by atoms with Crippen LogP contribution in [-0.2, 0) is 11.3 Å². The van der Waals surface area contributed by atoms with Crippen molar-refractivity contribution in [3.63, 3.8) is 0 Å². The summed E-state index contributed by atoms with van der Waals surface area (Å²) in [6, 6.07) is 6.62. The van der Waals surface area contributed by atoms with Crippen LogP contribution in [0.2, 0.25) is 5.02 Å². The third-order valence-electron chi connectivity index (χ3n) is 3.34. The highest BCUT2D eigenvalue weighted by Crippen LogP contribution is 2.28. The zero-order chi connectivity index (χ0) is 13.7. The molecular formula is C15H23ClN2O. The molecule has 2 rings (SSSR count). The van der Waals surface area contributed by atoms with Crippen LogP contribution in [0.5, 0.6) is 0 Å². The number of halogens is 1. The molecule has 1 aromatic carbocycles. The van der Waals surface area contributed by atoms with E-state index in [2.05, 4.69) is 30.1 Å². The van der Waals surface area contributed by atoms with Gasteiger partial charge in [-0.2, -0.15) is 0 Å². The summed E-state index contributed by atoms with van der Waals surface area (Å²) in [6.45, 7) is 8.74. The van der Waals surface area contributed by atoms with Crippen LogP contribution in [0.15, 0.2) is 18.2 Å². The zero-order valence-corrected chi connectivity index (χ0v) is 12.5. The van der Waals surface area contributed by atoms with Crippen LogP contribution >= 0.6 is 11.6 Å². The molecule has 0 aromatic heterocycles. The highest BCUT2D eigenvalue weighted by molar-refractivity contribution is 6.31. The molecular weight excluding hydrogens is 260 g/mol. The van der Waals surface area contributed by atoms with Crippen LogP contribution in [0.3, 0.4) is 0 Å². The second-order valence-electron chi connectivity index (χ2n) is 5.23. The van der Waals surface area contributed by atoms with Crippen molar-refractivity contribution in [2.45, 2.75) is 32.9 Å². The molecule has 1 saturated heterocycles. The number of nitrogens with one attached hydrogen (secondary N) is 1. The molecule has 0 amide bonds. The monoisotopic (exact) mass is 282 g/mol. The molecule has 0 atom stereocenters. The molecule has 19 heavy (non-hydrogen) atoms. The van der Waals surface area contributed by atoms with Gasteiger partial charge in [0.2, 0.25) is 0 Å². The van der Waals surface area contributed by atoms with Gasteiger partial charge in [0, 0.05) is 48.6 Å². The maximum atomic E-state index is 6.37. The van der Waals surface area contributed by atoms with Crippen molar-refractivity contribution in [1.29, 1.82) is 0 Å². The number of benzene rings is 1. The van der Waals surface area contributed by atoms with Crippen molar-refractivity contribution in [2.24, 2.45) is 0 Å². The topological polar surface area (TPSA) is 24.5 Å². The number of anilines is 1. The summed E-state index contributed by atoms with van der Waals surface area (Å²) in [6.07, 6.45) is 1.07. The Balaban J connectivity index is 2.19. The highest BCUT2D eigenvalue weighted by atomic mass is 35.5. The molecule has 1 N–H and O–H groups in total. The number of ether oxygens (including phenoxy) is 1. The lowest BCUT2D eigenvalue weighted by atomic mass is 10.1. The van der Waals surface area contributed by atoms with Gasteiger partial charge in [0.1, 0.15) is 0 Å². The Bertz CT molecular complexity index is 401. The predicted octanol–water partition coefficient (Wildman–Crippen LogP) is 3.06. The Labute approximate surface area is 120 Å². The standard InChI is InChI=1S/C15H23ClN2O/c1-12(2)17-11-13-14(16)5-3-6-15(13)18-7-4-9-19-10-8-18/h3,5-6,12,17H,4,7-11H2,1-2H3. The fourth-order valence-corrected chi connectivity index (χ4v) is 2.55. The lowest BCUT2D eigenvalue weighted by Gasteiger charge is -2.26. The molecule has 1 fully saturated rings. The van der Waals surface area contributed by atoms with Crippen molar-refractivity contribution < 1.29 is 4.74 Å². The van der Waals surface area contributed by atoms with E-state index in [1.807, 2.05) is 12.1 Å². The number of nitrogens with zero attached hydrogens (tertiary/aromatic N) is 1. The average Bonchev–Trinajstić information content (AvgIpc) is 2.65. The average molecular weight is 283 g/mol. The third kappa shape index (κ3) is 4.10. The molecule has 1 aliphatic rings. The van der Waals surface area contributed by atoms with E-state index in [0.717, 1.165) is 44.3 Å². The van der Waals surface area contributed by atoms with Gasteiger partial charge in [-0.15, -0.1) is 0 Å². The van der Waals surface area contributed by atoms with Gasteiger partial charge in [-0.25, -0.2) is 0 Å². The van der Waals surface area contributed by atoms with E-state index in [0.29, 0.717) is 6.04 Å². The van der Waals surface area contributed by atoms with E-state index >= 15 is 0 Å². The molecule has 0 radical (unpaired) electrons. The Morgan fingerprint density at radius 3 is 2.95 bits per heavy atom. The fourth-order valence-electron chi connectivity index (χ4n) is 2.31. The summed E-state index contributed by atoms with van der Waals surface area (Å²) in [5, 5.41) is 4.30. The van der Waals surface area contributed by atoms with Crippen LogP contribution < -0.4 is 10.2 Å². The van der Waals surface area contributed by atoms with Gasteiger partial charge in [0.05, 0.1) is 6.61 Å². The van der Waals surface area contributed by atoms with E-state index in [4.69, 9.17) is 16.3 Å². The van der Waals surface area contributed by atoms with Gasteiger partial charge in [-0.3, -0.25) is 0 Å². The maximum absolute atomic E-state index is 6.37. The second-order valence-corrected chi connectivity index (χ2v) is 5.63. The number of hydrogen-bond acceptors (Lipinski definition) is 3. The first-order valence-corrected chi connectivity index (χ1v) is 7.39. The molecule has 106 valence electrons. The number of rotatable bonds is 4. The fraction of sp³-hybridized carbons (Fsp3) is 0.600. The van der Waals surface area contributed by atoms with Gasteiger partial charge in [0.25, 0.3) is 0 Å². The summed E-state index contributed by atoms with van der Waals surface area (Å²) >= 11 is 6.37. The molecule has 0 aliphatic carbocycles. The Kier molecular flexibility index (Phi) is 5.49. The SMILES string of the molecule is CC(C)NCc1c(Cl)cccc1N1CCCOCC1. The van der Waals surface area contributed by atoms with Gasteiger partial charge in [-0.1, -0.05) is 31.5 Å². The van der Waals surface area contributed by atoms with E-state index in [-0.39, 0.29) is 0 Å². The molecule has 0 bridgehead atoms.